The normalized spacial score (nSPS) is 18.4. The number of carbonyl (C=O) groups is 2. The maximum Gasteiger partial charge on any atom is 2.00 e. The van der Waals surface area contributed by atoms with Crippen LogP contribution < -0.4 is 4.90 Å². The average molecular weight is 426 g/mol. The predicted octanol–water partition coefficient (Wildman–Crippen LogP) is 2.28. The Labute approximate surface area is 182 Å². The Morgan fingerprint density at radius 1 is 0.828 bits per heavy atom. The van der Waals surface area contributed by atoms with Crippen LogP contribution in [-0.4, -0.2) is 33.2 Å². The molecule has 1 aliphatic heterocycles. The van der Waals surface area contributed by atoms with Crippen molar-refractivity contribution in [3.05, 3.63) is 105 Å². The molecule has 0 bridgehead atoms. The van der Waals surface area contributed by atoms with Crippen molar-refractivity contribution >= 4 is 17.4 Å². The first-order valence-corrected chi connectivity index (χ1v) is 8.98. The van der Waals surface area contributed by atoms with E-state index in [0.717, 1.165) is 11.6 Å². The van der Waals surface area contributed by atoms with E-state index in [1.54, 1.807) is 22.9 Å². The van der Waals surface area contributed by atoms with Crippen molar-refractivity contribution < 1.29 is 26.7 Å². The zero-order valence-corrected chi connectivity index (χ0v) is 16.6. The van der Waals surface area contributed by atoms with Gasteiger partial charge in [0.2, 0.25) is 0 Å². The van der Waals surface area contributed by atoms with E-state index in [1.165, 1.54) is 4.90 Å². The van der Waals surface area contributed by atoms with Crippen molar-refractivity contribution in [2.45, 2.75) is 6.54 Å². The second-order valence-corrected chi connectivity index (χ2v) is 6.31. The average Bonchev–Trinajstić information content (AvgIpc) is 3.52. The fourth-order valence-corrected chi connectivity index (χ4v) is 3.08. The number of carbonyl (C=O) groups excluding carboxylic acids is 2. The van der Waals surface area contributed by atoms with Crippen LogP contribution in [0.5, 0.6) is 0 Å². The molecule has 29 heavy (non-hydrogen) atoms. The Morgan fingerprint density at radius 3 is 2.17 bits per heavy atom. The maximum atomic E-state index is 12.1. The summed E-state index contributed by atoms with van der Waals surface area (Å²) in [5.41, 5.74) is 1.92. The van der Waals surface area contributed by atoms with E-state index in [4.69, 9.17) is 0 Å². The number of aromatic nitrogens is 3. The van der Waals surface area contributed by atoms with Gasteiger partial charge in [-0.25, -0.2) is 0 Å². The standard InChI is InChI=1S/C17H13N4O2.C5H5.Fe/c22-16-13-7-3-4-8-15(13)21(17(16)23)10-9-20-11-14(18-19-20)12-5-1-2-6-12;1-2-4-5-3-1;/h1-8,11H,9-10H2;1-5H;/q;;+2. The largest absolute Gasteiger partial charge is 2.00 e. The van der Waals surface area contributed by atoms with Gasteiger partial charge in [-0.1, -0.05) is 17.3 Å². The van der Waals surface area contributed by atoms with E-state index in [0.29, 0.717) is 24.3 Å². The molecule has 2 fully saturated rings. The quantitative estimate of drug-likeness (QED) is 0.556. The molecule has 2 saturated carbocycles. The summed E-state index contributed by atoms with van der Waals surface area (Å²) in [5.74, 6) is 0.0771. The Morgan fingerprint density at radius 2 is 1.48 bits per heavy atom. The monoisotopic (exact) mass is 426 g/mol. The Bertz CT molecular complexity index is 833. The Kier molecular flexibility index (Phi) is 7.62. The van der Waals surface area contributed by atoms with Crippen LogP contribution in [0.1, 0.15) is 16.1 Å². The minimum absolute atomic E-state index is 0. The van der Waals surface area contributed by atoms with Crippen molar-refractivity contribution in [3.8, 4) is 0 Å². The molecule has 1 amide bonds. The van der Waals surface area contributed by atoms with E-state index in [2.05, 4.69) is 10.3 Å². The molecule has 7 heteroatoms. The number of hydrogen-bond donors (Lipinski definition) is 0. The van der Waals surface area contributed by atoms with E-state index in [9.17, 15) is 9.59 Å². The van der Waals surface area contributed by atoms with Crippen molar-refractivity contribution in [1.82, 2.24) is 15.0 Å². The first-order chi connectivity index (χ1) is 13.7. The van der Waals surface area contributed by atoms with Crippen molar-refractivity contribution in [2.75, 3.05) is 11.4 Å². The van der Waals surface area contributed by atoms with Crippen LogP contribution >= 0.6 is 0 Å². The first kappa shape index (κ1) is 21.7. The predicted molar refractivity (Wildman–Crippen MR) is 104 cm³/mol. The van der Waals surface area contributed by atoms with Gasteiger partial charge in [0.25, 0.3) is 11.7 Å². The summed E-state index contributed by atoms with van der Waals surface area (Å²) < 4.78 is 1.68. The van der Waals surface area contributed by atoms with Gasteiger partial charge in [-0.2, -0.15) is 0 Å². The van der Waals surface area contributed by atoms with E-state index >= 15 is 0 Å². The maximum absolute atomic E-state index is 12.1. The summed E-state index contributed by atoms with van der Waals surface area (Å²) in [6, 6.07) is 7.05. The van der Waals surface area contributed by atoms with Gasteiger partial charge >= 0.3 is 17.1 Å². The van der Waals surface area contributed by atoms with Gasteiger partial charge in [0.05, 0.1) is 23.5 Å². The van der Waals surface area contributed by atoms with Gasteiger partial charge in [0, 0.05) is 18.7 Å². The third kappa shape index (κ3) is 4.96. The molecule has 0 N–H and O–H groups in total. The van der Waals surface area contributed by atoms with Crippen molar-refractivity contribution in [2.24, 2.45) is 0 Å². The molecular formula is C22H18FeN4O2+2. The number of nitrogens with zero attached hydrogens (tertiary/aromatic N) is 4. The van der Waals surface area contributed by atoms with Gasteiger partial charge in [0.15, 0.2) is 0 Å². The molecule has 2 heterocycles. The van der Waals surface area contributed by atoms with E-state index in [1.807, 2.05) is 70.1 Å². The van der Waals surface area contributed by atoms with Gasteiger partial charge < -0.3 is 4.90 Å². The minimum atomic E-state index is -0.484. The fraction of sp³-hybridized carbons (Fsp3) is 0.0909. The number of anilines is 1. The molecule has 2 aromatic rings. The number of fused-ring (bicyclic) bond motifs is 1. The van der Waals surface area contributed by atoms with E-state index in [-0.39, 0.29) is 17.1 Å². The molecule has 1 aromatic carbocycles. The molecule has 1 aromatic heterocycles. The first-order valence-electron chi connectivity index (χ1n) is 8.98. The summed E-state index contributed by atoms with van der Waals surface area (Å²) in [7, 11) is 0. The number of rotatable bonds is 4. The molecule has 6 nitrogen and oxygen atoms in total. The molecule has 144 valence electrons. The van der Waals surface area contributed by atoms with Gasteiger partial charge in [-0.3, -0.25) is 14.3 Å². The smallest absolute Gasteiger partial charge is 0.303 e. The Balaban J connectivity index is 0.000000352. The fourth-order valence-electron chi connectivity index (χ4n) is 3.08. The summed E-state index contributed by atoms with van der Waals surface area (Å²) in [6.45, 7) is 0.854. The molecule has 0 saturated heterocycles. The van der Waals surface area contributed by atoms with Crippen LogP contribution in [0.3, 0.4) is 0 Å². The van der Waals surface area contributed by atoms with Crippen molar-refractivity contribution in [3.63, 3.8) is 0 Å². The number of benzene rings is 1. The summed E-state index contributed by atoms with van der Waals surface area (Å²) in [4.78, 5) is 25.6. The summed E-state index contributed by atoms with van der Waals surface area (Å²) in [5, 5.41) is 8.20. The second-order valence-electron chi connectivity index (χ2n) is 6.31. The van der Waals surface area contributed by atoms with Gasteiger partial charge in [0.1, 0.15) is 0 Å². The third-order valence-electron chi connectivity index (χ3n) is 4.48. The molecule has 2 aliphatic carbocycles. The number of hydrogen-bond acceptors (Lipinski definition) is 4. The second kappa shape index (κ2) is 10.2. The SMILES string of the molecule is O=C1C(=O)N(CCn2cc([C]3[CH][CH][CH][CH]3)nn2)c2ccccc21.[CH]1[CH][CH][CH][CH]1.[Fe+2]. The van der Waals surface area contributed by atoms with E-state index < -0.39 is 11.7 Å². The van der Waals surface area contributed by atoms with Crippen LogP contribution in [0.25, 0.3) is 0 Å². The topological polar surface area (TPSA) is 68.1 Å². The van der Waals surface area contributed by atoms with Crippen LogP contribution in [0.4, 0.5) is 5.69 Å². The van der Waals surface area contributed by atoms with Crippen molar-refractivity contribution in [1.29, 1.82) is 0 Å². The molecular weight excluding hydrogens is 408 g/mol. The Hall–Kier alpha value is -1.98. The summed E-state index contributed by atoms with van der Waals surface area (Å²) >= 11 is 0. The number of amides is 1. The molecule has 5 rings (SSSR count). The molecule has 0 spiro atoms. The number of para-hydroxylation sites is 1. The molecule has 0 atom stereocenters. The molecule has 3 aliphatic rings. The van der Waals surface area contributed by atoms with Gasteiger partial charge in [-0.15, -0.1) is 5.10 Å². The van der Waals surface area contributed by atoms with Gasteiger partial charge in [-0.05, 0) is 69.9 Å². The summed E-state index contributed by atoms with van der Waals surface area (Å²) in [6.07, 6.45) is 19.7. The number of ketones is 1. The third-order valence-corrected chi connectivity index (χ3v) is 4.48. The molecule has 10 radical (unpaired) electrons. The van der Waals surface area contributed by atoms with Crippen LogP contribution in [-0.2, 0) is 28.4 Å². The minimum Gasteiger partial charge on any atom is -0.303 e. The zero-order valence-electron chi connectivity index (χ0n) is 15.5. The molecule has 0 unspecified atom stereocenters. The van der Waals surface area contributed by atoms with Crippen LogP contribution in [0.2, 0.25) is 0 Å². The zero-order chi connectivity index (χ0) is 19.3. The van der Waals surface area contributed by atoms with Crippen LogP contribution in [0, 0.1) is 63.7 Å². The van der Waals surface area contributed by atoms with Crippen LogP contribution in [0.15, 0.2) is 30.5 Å². The number of Topliss-reactive ketones (excluding diaryl/α,β-unsaturated/α-hetero) is 1.